The third-order valence-corrected chi connectivity index (χ3v) is 5.78. The van der Waals surface area contributed by atoms with E-state index < -0.39 is 11.9 Å². The van der Waals surface area contributed by atoms with Crippen LogP contribution in [0.25, 0.3) is 0 Å². The van der Waals surface area contributed by atoms with Crippen molar-refractivity contribution in [3.05, 3.63) is 53.9 Å². The Kier molecular flexibility index (Phi) is 5.41. The van der Waals surface area contributed by atoms with Gasteiger partial charge in [0.25, 0.3) is 5.91 Å². The zero-order chi connectivity index (χ0) is 20.4. The summed E-state index contributed by atoms with van der Waals surface area (Å²) in [6.45, 7) is 2.43. The molecule has 1 amide bonds. The van der Waals surface area contributed by atoms with Gasteiger partial charge in [0.05, 0.1) is 12.7 Å². The third kappa shape index (κ3) is 3.92. The molecule has 0 bridgehead atoms. The van der Waals surface area contributed by atoms with Crippen molar-refractivity contribution >= 4 is 17.8 Å². The molecule has 3 atom stereocenters. The number of nitrogens with zero attached hydrogens (tertiary/aromatic N) is 3. The Hall–Kier alpha value is -3.04. The predicted octanol–water partition coefficient (Wildman–Crippen LogP) is 0.782. The fourth-order valence-corrected chi connectivity index (χ4v) is 4.14. The molecule has 2 unspecified atom stereocenters. The summed E-state index contributed by atoms with van der Waals surface area (Å²) in [5.74, 6) is 1.22. The normalized spacial score (nSPS) is 23.2. The van der Waals surface area contributed by atoms with Gasteiger partial charge in [0.1, 0.15) is 6.04 Å². The van der Waals surface area contributed by atoms with Gasteiger partial charge in [0.15, 0.2) is 0 Å². The number of fused-ring (bicyclic) bond motifs is 1. The molecule has 29 heavy (non-hydrogen) atoms. The van der Waals surface area contributed by atoms with Crippen LogP contribution in [0.4, 0.5) is 5.95 Å². The third-order valence-electron chi connectivity index (χ3n) is 5.78. The highest BCUT2D eigenvalue weighted by atomic mass is 16.5. The van der Waals surface area contributed by atoms with Crippen LogP contribution in [0.5, 0.6) is 0 Å². The van der Waals surface area contributed by atoms with Crippen molar-refractivity contribution in [1.82, 2.24) is 20.8 Å². The first-order valence-electron chi connectivity index (χ1n) is 9.50. The zero-order valence-electron chi connectivity index (χ0n) is 16.0. The first-order chi connectivity index (χ1) is 14.1. The van der Waals surface area contributed by atoms with Crippen LogP contribution in [0.2, 0.25) is 0 Å². The van der Waals surface area contributed by atoms with Crippen LogP contribution in [0.3, 0.4) is 0 Å². The Morgan fingerprint density at radius 3 is 2.45 bits per heavy atom. The van der Waals surface area contributed by atoms with Gasteiger partial charge >= 0.3 is 5.97 Å². The van der Waals surface area contributed by atoms with Crippen molar-refractivity contribution in [1.29, 1.82) is 0 Å². The van der Waals surface area contributed by atoms with E-state index in [1.165, 1.54) is 19.5 Å². The van der Waals surface area contributed by atoms with E-state index in [2.05, 4.69) is 20.2 Å². The number of carbonyl (C=O) groups is 2. The molecular formula is C20H23N5O4. The average Bonchev–Trinajstić information content (AvgIpc) is 3.22. The Morgan fingerprint density at radius 1 is 1.21 bits per heavy atom. The Bertz CT molecular complexity index is 864. The minimum Gasteiger partial charge on any atom is -0.468 e. The van der Waals surface area contributed by atoms with Gasteiger partial charge in [-0.3, -0.25) is 10.0 Å². The van der Waals surface area contributed by atoms with Gasteiger partial charge in [-0.25, -0.2) is 20.2 Å². The standard InChI is InChI=1S/C20H23N5O4/c1-29-19(27)17(12-5-3-2-4-6-12)21-9-14-15-10-25(11-16(14)15)20-22-7-13(8-23-20)18(26)24-28/h2-8,14-17,21,28H,9-11H2,1H3,(H,24,26)/t14?,15?,16?,17-/m0/s1. The maximum absolute atomic E-state index is 12.2. The number of methoxy groups -OCH3 is 1. The van der Waals surface area contributed by atoms with E-state index in [1.54, 1.807) is 5.48 Å². The summed E-state index contributed by atoms with van der Waals surface area (Å²) in [7, 11) is 1.40. The number of esters is 1. The van der Waals surface area contributed by atoms with Crippen molar-refractivity contribution in [2.75, 3.05) is 31.6 Å². The number of benzene rings is 1. The molecule has 152 valence electrons. The van der Waals surface area contributed by atoms with Crippen molar-refractivity contribution < 1.29 is 19.5 Å². The number of piperidine rings is 1. The number of carbonyl (C=O) groups excluding carboxylic acids is 2. The second-order valence-electron chi connectivity index (χ2n) is 7.38. The quantitative estimate of drug-likeness (QED) is 0.357. The number of hydrogen-bond donors (Lipinski definition) is 3. The van der Waals surface area contributed by atoms with E-state index in [4.69, 9.17) is 9.94 Å². The molecule has 1 aliphatic heterocycles. The summed E-state index contributed by atoms with van der Waals surface area (Å²) in [4.78, 5) is 34.1. The zero-order valence-corrected chi connectivity index (χ0v) is 16.0. The molecule has 3 N–H and O–H groups in total. The van der Waals surface area contributed by atoms with E-state index in [0.29, 0.717) is 23.7 Å². The molecule has 2 fully saturated rings. The lowest BCUT2D eigenvalue weighted by Gasteiger charge is -2.21. The molecule has 9 nitrogen and oxygen atoms in total. The molecule has 0 radical (unpaired) electrons. The number of hydroxylamine groups is 1. The van der Waals surface area contributed by atoms with Gasteiger partial charge in [-0.1, -0.05) is 30.3 Å². The maximum Gasteiger partial charge on any atom is 0.327 e. The molecule has 0 spiro atoms. The van der Waals surface area contributed by atoms with E-state index in [0.717, 1.165) is 25.2 Å². The maximum atomic E-state index is 12.2. The second kappa shape index (κ2) is 8.14. The number of amides is 1. The molecule has 9 heteroatoms. The Balaban J connectivity index is 1.31. The molecule has 2 heterocycles. The van der Waals surface area contributed by atoms with E-state index >= 15 is 0 Å². The molecule has 1 saturated heterocycles. The van der Waals surface area contributed by atoms with Crippen LogP contribution in [0.1, 0.15) is 22.0 Å². The molecule has 1 aromatic carbocycles. The lowest BCUT2D eigenvalue weighted by atomic mass is 10.1. The molecule has 1 aliphatic carbocycles. The molecule has 1 aromatic heterocycles. The fraction of sp³-hybridized carbons (Fsp3) is 0.400. The monoisotopic (exact) mass is 397 g/mol. The topological polar surface area (TPSA) is 117 Å². The van der Waals surface area contributed by atoms with Gasteiger partial charge in [0, 0.05) is 25.5 Å². The highest BCUT2D eigenvalue weighted by molar-refractivity contribution is 5.92. The summed E-state index contributed by atoms with van der Waals surface area (Å²) in [5, 5.41) is 12.0. The van der Waals surface area contributed by atoms with Gasteiger partial charge in [-0.05, 0) is 29.9 Å². The molecule has 1 saturated carbocycles. The molecule has 2 aliphatic rings. The number of ether oxygens (including phenoxy) is 1. The number of nitrogens with one attached hydrogen (secondary N) is 2. The van der Waals surface area contributed by atoms with Crippen LogP contribution >= 0.6 is 0 Å². The Morgan fingerprint density at radius 2 is 1.86 bits per heavy atom. The van der Waals surface area contributed by atoms with Crippen LogP contribution in [-0.4, -0.2) is 53.8 Å². The first-order valence-corrected chi connectivity index (χ1v) is 9.50. The van der Waals surface area contributed by atoms with Crippen LogP contribution in [0.15, 0.2) is 42.7 Å². The van der Waals surface area contributed by atoms with Crippen LogP contribution < -0.4 is 15.7 Å². The Labute approximate surface area is 168 Å². The van der Waals surface area contributed by atoms with Gasteiger partial charge in [-0.2, -0.15) is 0 Å². The first kappa shape index (κ1) is 19.3. The summed E-state index contributed by atoms with van der Waals surface area (Å²) >= 11 is 0. The van der Waals surface area contributed by atoms with Gasteiger partial charge in [0.2, 0.25) is 5.95 Å². The lowest BCUT2D eigenvalue weighted by Crippen LogP contribution is -2.34. The van der Waals surface area contributed by atoms with Crippen molar-refractivity contribution in [3.8, 4) is 0 Å². The summed E-state index contributed by atoms with van der Waals surface area (Å²) in [6, 6.07) is 9.11. The highest BCUT2D eigenvalue weighted by Gasteiger charge is 2.55. The van der Waals surface area contributed by atoms with E-state index in [9.17, 15) is 9.59 Å². The summed E-state index contributed by atoms with van der Waals surface area (Å²) in [5.41, 5.74) is 2.67. The van der Waals surface area contributed by atoms with E-state index in [1.807, 2.05) is 30.3 Å². The van der Waals surface area contributed by atoms with Crippen molar-refractivity contribution in [3.63, 3.8) is 0 Å². The number of hydrogen-bond acceptors (Lipinski definition) is 8. The lowest BCUT2D eigenvalue weighted by molar-refractivity contribution is -0.143. The molecule has 2 aromatic rings. The second-order valence-corrected chi connectivity index (χ2v) is 7.38. The van der Waals surface area contributed by atoms with Crippen LogP contribution in [-0.2, 0) is 9.53 Å². The SMILES string of the molecule is COC(=O)[C@@H](NCC1C2CN(c3ncc(C(=O)NO)cn3)CC12)c1ccccc1. The minimum atomic E-state index is -0.634. The summed E-state index contributed by atoms with van der Waals surface area (Å²) in [6.07, 6.45) is 2.80. The number of anilines is 1. The van der Waals surface area contributed by atoms with Crippen molar-refractivity contribution in [2.24, 2.45) is 17.8 Å². The van der Waals surface area contributed by atoms with Gasteiger partial charge < -0.3 is 15.0 Å². The number of aromatic nitrogens is 2. The largest absolute Gasteiger partial charge is 0.468 e. The number of rotatable bonds is 7. The summed E-state index contributed by atoms with van der Waals surface area (Å²) < 4.78 is 4.95. The molecule has 4 rings (SSSR count). The van der Waals surface area contributed by atoms with Gasteiger partial charge in [-0.15, -0.1) is 0 Å². The smallest absolute Gasteiger partial charge is 0.327 e. The van der Waals surface area contributed by atoms with Crippen LogP contribution in [0, 0.1) is 17.8 Å². The fourth-order valence-electron chi connectivity index (χ4n) is 4.14. The molecular weight excluding hydrogens is 374 g/mol. The average molecular weight is 397 g/mol. The predicted molar refractivity (Wildman–Crippen MR) is 103 cm³/mol. The minimum absolute atomic E-state index is 0.206. The van der Waals surface area contributed by atoms with Crippen molar-refractivity contribution in [2.45, 2.75) is 6.04 Å². The van der Waals surface area contributed by atoms with E-state index in [-0.39, 0.29) is 11.5 Å². The highest BCUT2D eigenvalue weighted by Crippen LogP contribution is 2.51.